The Bertz CT molecular complexity index is 653. The summed E-state index contributed by atoms with van der Waals surface area (Å²) < 4.78 is 5.63. The lowest BCUT2D eigenvalue weighted by atomic mass is 10.3. The van der Waals surface area contributed by atoms with Gasteiger partial charge in [-0.1, -0.05) is 0 Å². The third-order valence-electron chi connectivity index (χ3n) is 3.51. The molecule has 1 aliphatic heterocycles. The van der Waals surface area contributed by atoms with Crippen LogP contribution in [-0.2, 0) is 18.4 Å². The molecule has 0 fully saturated rings. The molecule has 0 unspecified atom stereocenters. The molecule has 1 aliphatic rings. The smallest absolute Gasteiger partial charge is 0.308 e. The van der Waals surface area contributed by atoms with Crippen molar-refractivity contribution in [2.75, 3.05) is 20.1 Å². The first-order valence-corrected chi connectivity index (χ1v) is 6.60. The number of hydrogen-bond donors (Lipinski definition) is 0. The monoisotopic (exact) mass is 272 g/mol. The summed E-state index contributed by atoms with van der Waals surface area (Å²) in [5.41, 5.74) is 1.04. The number of aryl methyl sites for hydroxylation is 1. The molecule has 0 radical (unpaired) electrons. The minimum absolute atomic E-state index is 0.126. The van der Waals surface area contributed by atoms with Crippen LogP contribution in [0.5, 0.6) is 0 Å². The Kier molecular flexibility index (Phi) is 3.23. The second-order valence-electron chi connectivity index (χ2n) is 5.11. The molecule has 0 saturated heterocycles. The molecule has 0 N–H and O–H groups in total. The highest BCUT2D eigenvalue weighted by atomic mass is 16.2. The Hall–Kier alpha value is -2.21. The molecule has 104 valence electrons. The lowest BCUT2D eigenvalue weighted by molar-refractivity contribution is -0.465. The van der Waals surface area contributed by atoms with Gasteiger partial charge in [0.05, 0.1) is 18.3 Å². The minimum Gasteiger partial charge on any atom is -0.308 e. The van der Waals surface area contributed by atoms with Crippen LogP contribution < -0.4 is 0 Å². The van der Waals surface area contributed by atoms with Crippen LogP contribution in [-0.4, -0.2) is 56.1 Å². The van der Waals surface area contributed by atoms with Crippen molar-refractivity contribution in [3.05, 3.63) is 36.3 Å². The first-order chi connectivity index (χ1) is 9.65. The fourth-order valence-corrected chi connectivity index (χ4v) is 2.46. The van der Waals surface area contributed by atoms with Crippen LogP contribution in [0.25, 0.3) is 5.82 Å². The van der Waals surface area contributed by atoms with E-state index in [2.05, 4.69) is 5.10 Å². The fraction of sp³-hybridized carbons (Fsp3) is 0.357. The molecule has 3 rings (SSSR count). The van der Waals surface area contributed by atoms with Crippen molar-refractivity contribution in [2.45, 2.75) is 6.54 Å². The van der Waals surface area contributed by atoms with Gasteiger partial charge in [0.15, 0.2) is 12.8 Å². The van der Waals surface area contributed by atoms with Crippen molar-refractivity contribution >= 4 is 12.1 Å². The van der Waals surface area contributed by atoms with Crippen LogP contribution >= 0.6 is 0 Å². The minimum atomic E-state index is 0.126. The Morgan fingerprint density at radius 2 is 2.05 bits per heavy atom. The average molecular weight is 272 g/mol. The summed E-state index contributed by atoms with van der Waals surface area (Å²) in [6.45, 7) is 1.83. The highest BCUT2D eigenvalue weighted by molar-refractivity contribution is 5.77. The van der Waals surface area contributed by atoms with E-state index in [4.69, 9.17) is 0 Å². The van der Waals surface area contributed by atoms with E-state index in [-0.39, 0.29) is 5.91 Å². The van der Waals surface area contributed by atoms with Gasteiger partial charge < -0.3 is 4.57 Å². The molecule has 1 amide bonds. The molecular weight excluding hydrogens is 254 g/mol. The van der Waals surface area contributed by atoms with Gasteiger partial charge in [-0.3, -0.25) is 9.58 Å². The molecule has 0 aliphatic carbocycles. The van der Waals surface area contributed by atoms with E-state index in [1.165, 1.54) is 0 Å². The lowest BCUT2D eigenvalue weighted by Crippen LogP contribution is -2.41. The van der Waals surface area contributed by atoms with E-state index >= 15 is 0 Å². The maximum Gasteiger partial charge on any atom is 0.401 e. The van der Waals surface area contributed by atoms with Gasteiger partial charge in [-0.2, -0.15) is 9.67 Å². The molecule has 0 saturated carbocycles. The zero-order valence-corrected chi connectivity index (χ0v) is 11.7. The predicted octanol–water partition coefficient (Wildman–Crippen LogP) is 0.266. The number of carbonyl (C=O) groups is 1. The van der Waals surface area contributed by atoms with Crippen molar-refractivity contribution in [1.29, 1.82) is 0 Å². The number of carbonyl (C=O) groups excluding carboxylic acids is 1. The third kappa shape index (κ3) is 2.30. The van der Waals surface area contributed by atoms with Crippen LogP contribution in [0.15, 0.2) is 30.7 Å². The van der Waals surface area contributed by atoms with Crippen molar-refractivity contribution in [1.82, 2.24) is 19.2 Å². The van der Waals surface area contributed by atoms with E-state index < -0.39 is 0 Å². The van der Waals surface area contributed by atoms with Gasteiger partial charge in [-0.05, 0) is 19.2 Å². The summed E-state index contributed by atoms with van der Waals surface area (Å²) in [6.07, 6.45) is 7.74. The number of nitrogens with zero attached hydrogens (tertiary/aromatic N) is 5. The number of likely N-dealkylation sites (N-methyl/N-ethyl adjacent to an activating group) is 1. The Labute approximate surface area is 117 Å². The maximum atomic E-state index is 12.0. The first-order valence-electron chi connectivity index (χ1n) is 6.60. The summed E-state index contributed by atoms with van der Waals surface area (Å²) >= 11 is 0. The molecule has 3 heterocycles. The van der Waals surface area contributed by atoms with E-state index in [9.17, 15) is 4.79 Å². The molecule has 0 atom stereocenters. The van der Waals surface area contributed by atoms with Crippen LogP contribution in [0.2, 0.25) is 0 Å². The molecule has 6 nitrogen and oxygen atoms in total. The Morgan fingerprint density at radius 3 is 2.75 bits per heavy atom. The SMILES string of the molecule is CN1CC=[N+](Cc2cnn(C)c2-n2cccc2)C(=O)C1. The Balaban J connectivity index is 1.91. The van der Waals surface area contributed by atoms with Crippen molar-refractivity contribution in [3.63, 3.8) is 0 Å². The number of amides is 1. The average Bonchev–Trinajstić information content (AvgIpc) is 3.02. The summed E-state index contributed by atoms with van der Waals surface area (Å²) in [5, 5.41) is 4.31. The number of hydrogen-bond acceptors (Lipinski definition) is 3. The van der Waals surface area contributed by atoms with Crippen LogP contribution in [0.4, 0.5) is 0 Å². The molecule has 20 heavy (non-hydrogen) atoms. The van der Waals surface area contributed by atoms with E-state index in [0.29, 0.717) is 13.1 Å². The van der Waals surface area contributed by atoms with Crippen molar-refractivity contribution in [2.24, 2.45) is 7.05 Å². The van der Waals surface area contributed by atoms with Gasteiger partial charge in [0.25, 0.3) is 0 Å². The summed E-state index contributed by atoms with van der Waals surface area (Å²) in [6, 6.07) is 3.95. The molecule has 6 heteroatoms. The molecule has 0 spiro atoms. The normalized spacial score (nSPS) is 16.5. The maximum absolute atomic E-state index is 12.0. The van der Waals surface area contributed by atoms with Crippen LogP contribution in [0, 0.1) is 0 Å². The second-order valence-corrected chi connectivity index (χ2v) is 5.11. The summed E-state index contributed by atoms with van der Waals surface area (Å²) in [4.78, 5) is 14.0. The van der Waals surface area contributed by atoms with Gasteiger partial charge in [0.2, 0.25) is 0 Å². The standard InChI is InChI=1S/C14H18N5O/c1-16-7-8-19(13(20)11-16)10-12-9-15-17(2)14(12)18-5-3-4-6-18/h3-6,8-9H,7,10-11H2,1-2H3/q+1. The van der Waals surface area contributed by atoms with Crippen molar-refractivity contribution in [3.8, 4) is 5.82 Å². The van der Waals surface area contributed by atoms with Gasteiger partial charge >= 0.3 is 5.91 Å². The largest absolute Gasteiger partial charge is 0.401 e. The first kappa shape index (κ1) is 12.8. The van der Waals surface area contributed by atoms with E-state index in [0.717, 1.165) is 17.9 Å². The van der Waals surface area contributed by atoms with Crippen LogP contribution in [0.3, 0.4) is 0 Å². The van der Waals surface area contributed by atoms with Gasteiger partial charge in [-0.25, -0.2) is 4.79 Å². The zero-order valence-electron chi connectivity index (χ0n) is 11.7. The van der Waals surface area contributed by atoms with E-state index in [1.807, 2.05) is 65.2 Å². The molecule has 2 aromatic rings. The number of rotatable bonds is 3. The summed E-state index contributed by atoms with van der Waals surface area (Å²) in [5.74, 6) is 1.12. The topological polar surface area (TPSA) is 46.1 Å². The van der Waals surface area contributed by atoms with Gasteiger partial charge in [0, 0.05) is 19.4 Å². The van der Waals surface area contributed by atoms with E-state index in [1.54, 1.807) is 4.58 Å². The predicted molar refractivity (Wildman–Crippen MR) is 75.1 cm³/mol. The molecule has 2 aromatic heterocycles. The summed E-state index contributed by atoms with van der Waals surface area (Å²) in [7, 11) is 3.86. The third-order valence-corrected chi connectivity index (χ3v) is 3.51. The van der Waals surface area contributed by atoms with Gasteiger partial charge in [-0.15, -0.1) is 0 Å². The number of aromatic nitrogens is 3. The highest BCUT2D eigenvalue weighted by Crippen LogP contribution is 2.15. The van der Waals surface area contributed by atoms with Gasteiger partial charge in [0.1, 0.15) is 12.4 Å². The quantitative estimate of drug-likeness (QED) is 0.753. The Morgan fingerprint density at radius 1 is 1.30 bits per heavy atom. The lowest BCUT2D eigenvalue weighted by Gasteiger charge is -2.15. The fourth-order valence-electron chi connectivity index (χ4n) is 2.46. The zero-order chi connectivity index (χ0) is 14.1. The molecular formula is C14H18N5O+. The van der Waals surface area contributed by atoms with Crippen molar-refractivity contribution < 1.29 is 9.37 Å². The second kappa shape index (κ2) is 5.05. The molecule has 0 bridgehead atoms. The highest BCUT2D eigenvalue weighted by Gasteiger charge is 2.26. The molecule has 0 aromatic carbocycles. The van der Waals surface area contributed by atoms with Crippen LogP contribution in [0.1, 0.15) is 5.56 Å².